The molecule has 0 saturated carbocycles. The minimum atomic E-state index is 0.0575. The summed E-state index contributed by atoms with van der Waals surface area (Å²) in [6.45, 7) is 8.76. The average molecular weight is 277 g/mol. The SMILES string of the molecule is CC(C)C1CCCN(C(C)c2c(O)cccc2O)CC1. The molecule has 0 radical (unpaired) electrons. The normalized spacial score (nSPS) is 22.7. The minimum absolute atomic E-state index is 0.0575. The van der Waals surface area contributed by atoms with Crippen molar-refractivity contribution >= 4 is 0 Å². The fourth-order valence-corrected chi connectivity index (χ4v) is 3.35. The summed E-state index contributed by atoms with van der Waals surface area (Å²) in [4.78, 5) is 2.39. The largest absolute Gasteiger partial charge is 0.507 e. The molecule has 2 unspecified atom stereocenters. The van der Waals surface area contributed by atoms with Gasteiger partial charge in [-0.3, -0.25) is 4.90 Å². The monoisotopic (exact) mass is 277 g/mol. The predicted molar refractivity (Wildman–Crippen MR) is 81.9 cm³/mol. The third kappa shape index (κ3) is 3.26. The topological polar surface area (TPSA) is 43.7 Å². The van der Waals surface area contributed by atoms with Gasteiger partial charge in [0.2, 0.25) is 0 Å². The van der Waals surface area contributed by atoms with Gasteiger partial charge in [-0.1, -0.05) is 19.9 Å². The van der Waals surface area contributed by atoms with Crippen molar-refractivity contribution in [3.8, 4) is 11.5 Å². The van der Waals surface area contributed by atoms with Crippen LogP contribution in [-0.2, 0) is 0 Å². The molecule has 2 N–H and O–H groups in total. The van der Waals surface area contributed by atoms with Crippen molar-refractivity contribution < 1.29 is 10.2 Å². The van der Waals surface area contributed by atoms with Gasteiger partial charge in [0.1, 0.15) is 11.5 Å². The summed E-state index contributed by atoms with van der Waals surface area (Å²) < 4.78 is 0. The molecule has 1 aromatic carbocycles. The molecule has 0 aromatic heterocycles. The molecular formula is C17H27NO2. The molecule has 1 fully saturated rings. The lowest BCUT2D eigenvalue weighted by molar-refractivity contribution is 0.206. The number of phenols is 2. The van der Waals surface area contributed by atoms with Crippen LogP contribution >= 0.6 is 0 Å². The third-order valence-electron chi connectivity index (χ3n) is 4.78. The standard InChI is InChI=1S/C17H27NO2/c1-12(2)14-6-5-10-18(11-9-14)13(3)17-15(19)7-4-8-16(17)20/h4,7-8,12-14,19-20H,5-6,9-11H2,1-3H3. The van der Waals surface area contributed by atoms with Crippen LogP contribution in [0.15, 0.2) is 18.2 Å². The first-order valence-electron chi connectivity index (χ1n) is 7.75. The minimum Gasteiger partial charge on any atom is -0.507 e. The van der Waals surface area contributed by atoms with Crippen molar-refractivity contribution in [1.82, 2.24) is 4.90 Å². The molecule has 0 aliphatic carbocycles. The van der Waals surface area contributed by atoms with Gasteiger partial charge >= 0.3 is 0 Å². The Kier molecular flexibility index (Phi) is 4.92. The predicted octanol–water partition coefficient (Wildman–Crippen LogP) is 3.92. The number of benzene rings is 1. The van der Waals surface area contributed by atoms with Gasteiger partial charge in [0.25, 0.3) is 0 Å². The quantitative estimate of drug-likeness (QED) is 0.880. The Labute approximate surface area is 122 Å². The Morgan fingerprint density at radius 2 is 1.70 bits per heavy atom. The molecule has 1 aliphatic heterocycles. The molecule has 0 bridgehead atoms. The molecule has 1 aliphatic rings. The second-order valence-corrected chi connectivity index (χ2v) is 6.36. The maximum absolute atomic E-state index is 10.0. The average Bonchev–Trinajstić information content (AvgIpc) is 2.64. The van der Waals surface area contributed by atoms with E-state index < -0.39 is 0 Å². The van der Waals surface area contributed by atoms with Crippen LogP contribution in [0.3, 0.4) is 0 Å². The van der Waals surface area contributed by atoms with E-state index in [1.807, 2.05) is 0 Å². The van der Waals surface area contributed by atoms with Gasteiger partial charge < -0.3 is 10.2 Å². The second-order valence-electron chi connectivity index (χ2n) is 6.36. The summed E-state index contributed by atoms with van der Waals surface area (Å²) in [5.74, 6) is 1.93. The van der Waals surface area contributed by atoms with Gasteiger partial charge in [-0.25, -0.2) is 0 Å². The fourth-order valence-electron chi connectivity index (χ4n) is 3.35. The highest BCUT2D eigenvalue weighted by Gasteiger charge is 2.25. The zero-order chi connectivity index (χ0) is 14.7. The molecule has 0 spiro atoms. The van der Waals surface area contributed by atoms with Crippen LogP contribution < -0.4 is 0 Å². The van der Waals surface area contributed by atoms with Gasteiger partial charge in [0, 0.05) is 6.04 Å². The first kappa shape index (κ1) is 15.2. The lowest BCUT2D eigenvalue weighted by Gasteiger charge is -2.29. The summed E-state index contributed by atoms with van der Waals surface area (Å²) in [5, 5.41) is 20.0. The van der Waals surface area contributed by atoms with Crippen LogP contribution in [0, 0.1) is 11.8 Å². The second kappa shape index (κ2) is 6.49. The number of aromatic hydroxyl groups is 2. The Hall–Kier alpha value is -1.22. The summed E-state index contributed by atoms with van der Waals surface area (Å²) in [5.41, 5.74) is 0.662. The molecule has 2 atom stereocenters. The van der Waals surface area contributed by atoms with E-state index in [0.717, 1.165) is 24.9 Å². The maximum Gasteiger partial charge on any atom is 0.124 e. The fraction of sp³-hybridized carbons (Fsp3) is 0.647. The smallest absolute Gasteiger partial charge is 0.124 e. The van der Waals surface area contributed by atoms with Gasteiger partial charge in [0.05, 0.1) is 5.56 Å². The maximum atomic E-state index is 10.0. The van der Waals surface area contributed by atoms with Gasteiger partial charge in [-0.05, 0) is 63.2 Å². The van der Waals surface area contributed by atoms with Crippen molar-refractivity contribution in [1.29, 1.82) is 0 Å². The molecule has 2 rings (SSSR count). The van der Waals surface area contributed by atoms with Gasteiger partial charge in [-0.2, -0.15) is 0 Å². The number of rotatable bonds is 3. The first-order valence-corrected chi connectivity index (χ1v) is 7.75. The molecule has 3 nitrogen and oxygen atoms in total. The molecule has 1 saturated heterocycles. The zero-order valence-corrected chi connectivity index (χ0v) is 12.8. The van der Waals surface area contributed by atoms with Crippen molar-refractivity contribution in [2.75, 3.05) is 13.1 Å². The van der Waals surface area contributed by atoms with Crippen molar-refractivity contribution in [2.45, 2.75) is 46.1 Å². The summed E-state index contributed by atoms with van der Waals surface area (Å²) in [6.07, 6.45) is 3.69. The molecule has 3 heteroatoms. The Bertz CT molecular complexity index is 424. The van der Waals surface area contributed by atoms with E-state index in [1.165, 1.54) is 19.3 Å². The Morgan fingerprint density at radius 3 is 2.30 bits per heavy atom. The summed E-state index contributed by atoms with van der Waals surface area (Å²) in [6, 6.07) is 5.04. The number of phenolic OH excluding ortho intramolecular Hbond substituents is 2. The molecule has 1 heterocycles. The highest BCUT2D eigenvalue weighted by molar-refractivity contribution is 5.44. The van der Waals surface area contributed by atoms with Crippen LogP contribution in [0.2, 0.25) is 0 Å². The van der Waals surface area contributed by atoms with Crippen LogP contribution in [-0.4, -0.2) is 28.2 Å². The molecule has 112 valence electrons. The van der Waals surface area contributed by atoms with Crippen LogP contribution in [0.4, 0.5) is 0 Å². The van der Waals surface area contributed by atoms with Crippen LogP contribution in [0.5, 0.6) is 11.5 Å². The Balaban J connectivity index is 2.11. The molecular weight excluding hydrogens is 250 g/mol. The highest BCUT2D eigenvalue weighted by atomic mass is 16.3. The lowest BCUT2D eigenvalue weighted by Crippen LogP contribution is -2.28. The van der Waals surface area contributed by atoms with E-state index in [4.69, 9.17) is 0 Å². The number of hydrogen-bond donors (Lipinski definition) is 2. The molecule has 1 aromatic rings. The van der Waals surface area contributed by atoms with Crippen LogP contribution in [0.25, 0.3) is 0 Å². The number of nitrogens with zero attached hydrogens (tertiary/aromatic N) is 1. The number of hydrogen-bond acceptors (Lipinski definition) is 3. The lowest BCUT2D eigenvalue weighted by atomic mass is 9.89. The summed E-state index contributed by atoms with van der Waals surface area (Å²) >= 11 is 0. The first-order chi connectivity index (χ1) is 9.50. The van der Waals surface area contributed by atoms with Gasteiger partial charge in [0.15, 0.2) is 0 Å². The van der Waals surface area contributed by atoms with Crippen LogP contribution in [0.1, 0.15) is 51.6 Å². The van der Waals surface area contributed by atoms with E-state index >= 15 is 0 Å². The Morgan fingerprint density at radius 1 is 1.05 bits per heavy atom. The van der Waals surface area contributed by atoms with E-state index in [2.05, 4.69) is 25.7 Å². The van der Waals surface area contributed by atoms with E-state index in [1.54, 1.807) is 18.2 Å². The molecule has 0 amide bonds. The van der Waals surface area contributed by atoms with E-state index in [9.17, 15) is 10.2 Å². The van der Waals surface area contributed by atoms with Crippen molar-refractivity contribution in [3.05, 3.63) is 23.8 Å². The summed E-state index contributed by atoms with van der Waals surface area (Å²) in [7, 11) is 0. The third-order valence-corrected chi connectivity index (χ3v) is 4.78. The van der Waals surface area contributed by atoms with E-state index in [-0.39, 0.29) is 17.5 Å². The molecule has 20 heavy (non-hydrogen) atoms. The highest BCUT2D eigenvalue weighted by Crippen LogP contribution is 2.37. The van der Waals surface area contributed by atoms with Gasteiger partial charge in [-0.15, -0.1) is 0 Å². The van der Waals surface area contributed by atoms with Crippen molar-refractivity contribution in [2.24, 2.45) is 11.8 Å². The number of likely N-dealkylation sites (tertiary alicyclic amines) is 1. The zero-order valence-electron chi connectivity index (χ0n) is 12.8. The van der Waals surface area contributed by atoms with E-state index in [0.29, 0.717) is 5.56 Å². The van der Waals surface area contributed by atoms with Crippen molar-refractivity contribution in [3.63, 3.8) is 0 Å².